The number of halogens is 1. The summed E-state index contributed by atoms with van der Waals surface area (Å²) in [6, 6.07) is 5.13. The van der Waals surface area contributed by atoms with Crippen LogP contribution in [-0.4, -0.2) is 18.5 Å². The number of rotatable bonds is 8. The van der Waals surface area contributed by atoms with Crippen molar-refractivity contribution in [1.82, 2.24) is 0 Å². The molecule has 1 aliphatic carbocycles. The molecule has 1 aliphatic rings. The lowest BCUT2D eigenvalue weighted by Crippen LogP contribution is -3.00. The van der Waals surface area contributed by atoms with Crippen LogP contribution in [0.2, 0.25) is 0 Å². The molecule has 1 fully saturated rings. The number of carbonyl (C=O) groups is 1. The van der Waals surface area contributed by atoms with Gasteiger partial charge >= 0.3 is 0 Å². The molecule has 0 unspecified atom stereocenters. The lowest BCUT2D eigenvalue weighted by molar-refractivity contribution is -0.692. The molecule has 2 rings (SSSR count). The summed E-state index contributed by atoms with van der Waals surface area (Å²) in [4.78, 5) is 12.2. The van der Waals surface area contributed by atoms with E-state index in [0.717, 1.165) is 35.7 Å². The molecule has 0 spiro atoms. The molecule has 25 heavy (non-hydrogen) atoms. The SMILES string of the molecule is Cc1cc(C)c(NC(=O)CCCCC[NH2+]C2CCCCC2)c(C)c1.[Cl-]. The topological polar surface area (TPSA) is 45.7 Å². The van der Waals surface area contributed by atoms with Gasteiger partial charge in [-0.05, 0) is 76.8 Å². The molecule has 0 aliphatic heterocycles. The number of quaternary nitrogens is 1. The van der Waals surface area contributed by atoms with E-state index in [4.69, 9.17) is 0 Å². The second-order valence-corrected chi connectivity index (χ2v) is 7.56. The highest BCUT2D eigenvalue weighted by atomic mass is 35.5. The molecular weight excluding hydrogens is 332 g/mol. The normalized spacial score (nSPS) is 14.8. The Morgan fingerprint density at radius 1 is 1.04 bits per heavy atom. The highest BCUT2D eigenvalue weighted by Crippen LogP contribution is 2.22. The fourth-order valence-electron chi connectivity index (χ4n) is 3.91. The quantitative estimate of drug-likeness (QED) is 0.663. The summed E-state index contributed by atoms with van der Waals surface area (Å²) in [5.74, 6) is 0.154. The molecule has 0 aromatic heterocycles. The molecule has 0 radical (unpaired) electrons. The second kappa shape index (κ2) is 11.5. The summed E-state index contributed by atoms with van der Waals surface area (Å²) in [7, 11) is 0. The van der Waals surface area contributed by atoms with E-state index in [9.17, 15) is 4.79 Å². The Kier molecular flexibility index (Phi) is 10.1. The number of anilines is 1. The average Bonchev–Trinajstić information content (AvgIpc) is 2.55. The maximum Gasteiger partial charge on any atom is 0.224 e. The van der Waals surface area contributed by atoms with Crippen LogP contribution in [0.25, 0.3) is 0 Å². The monoisotopic (exact) mass is 366 g/mol. The maximum absolute atomic E-state index is 12.2. The molecule has 1 aromatic rings. The van der Waals surface area contributed by atoms with Crippen LogP contribution in [0.1, 0.15) is 74.5 Å². The van der Waals surface area contributed by atoms with Crippen molar-refractivity contribution >= 4 is 11.6 Å². The van der Waals surface area contributed by atoms with E-state index in [0.29, 0.717) is 6.42 Å². The van der Waals surface area contributed by atoms with Crippen LogP contribution in [-0.2, 0) is 4.79 Å². The van der Waals surface area contributed by atoms with Crippen molar-refractivity contribution in [1.29, 1.82) is 0 Å². The van der Waals surface area contributed by atoms with Gasteiger partial charge in [0.15, 0.2) is 0 Å². The van der Waals surface area contributed by atoms with Gasteiger partial charge in [0.2, 0.25) is 5.91 Å². The number of carbonyl (C=O) groups excluding carboxylic acids is 1. The van der Waals surface area contributed by atoms with Crippen LogP contribution in [0, 0.1) is 20.8 Å². The van der Waals surface area contributed by atoms with Crippen LogP contribution < -0.4 is 23.0 Å². The first-order valence-corrected chi connectivity index (χ1v) is 9.77. The van der Waals surface area contributed by atoms with Crippen molar-refractivity contribution in [2.75, 3.05) is 11.9 Å². The van der Waals surface area contributed by atoms with Crippen LogP contribution >= 0.6 is 0 Å². The maximum atomic E-state index is 12.2. The fourth-order valence-corrected chi connectivity index (χ4v) is 3.91. The van der Waals surface area contributed by atoms with E-state index < -0.39 is 0 Å². The number of amides is 1. The van der Waals surface area contributed by atoms with Gasteiger partial charge in [-0.3, -0.25) is 4.79 Å². The molecule has 1 amide bonds. The summed E-state index contributed by atoms with van der Waals surface area (Å²) in [5.41, 5.74) is 4.55. The summed E-state index contributed by atoms with van der Waals surface area (Å²) >= 11 is 0. The predicted octanol–water partition coefficient (Wildman–Crippen LogP) is 1.01. The zero-order valence-corrected chi connectivity index (χ0v) is 16.9. The second-order valence-electron chi connectivity index (χ2n) is 7.56. The number of nitrogens with two attached hydrogens (primary N) is 1. The van der Waals surface area contributed by atoms with Gasteiger partial charge in [-0.15, -0.1) is 0 Å². The molecule has 0 atom stereocenters. The summed E-state index contributed by atoms with van der Waals surface area (Å²) in [5, 5.41) is 5.64. The average molecular weight is 367 g/mol. The standard InChI is InChI=1S/C21H34N2O.ClH/c1-16-14-17(2)21(18(3)15-16)23-20(24)12-8-5-9-13-22-19-10-6-4-7-11-19;/h14-15,19,22H,4-13H2,1-3H3,(H,23,24);1H. The Morgan fingerprint density at radius 2 is 1.68 bits per heavy atom. The van der Waals surface area contributed by atoms with E-state index in [2.05, 4.69) is 43.5 Å². The third kappa shape index (κ3) is 7.79. The number of unbranched alkanes of at least 4 members (excludes halogenated alkanes) is 2. The Labute approximate surface area is 159 Å². The third-order valence-corrected chi connectivity index (χ3v) is 5.20. The Balaban J connectivity index is 0.00000312. The summed E-state index contributed by atoms with van der Waals surface area (Å²) < 4.78 is 0. The number of hydrogen-bond donors (Lipinski definition) is 2. The predicted molar refractivity (Wildman–Crippen MR) is 101 cm³/mol. The van der Waals surface area contributed by atoms with E-state index in [1.165, 1.54) is 50.6 Å². The largest absolute Gasteiger partial charge is 1.00 e. The Hall–Kier alpha value is -1.06. The number of hydrogen-bond acceptors (Lipinski definition) is 1. The molecule has 1 saturated carbocycles. The minimum atomic E-state index is 0. The molecule has 3 nitrogen and oxygen atoms in total. The van der Waals surface area contributed by atoms with Crippen LogP contribution in [0.4, 0.5) is 5.69 Å². The van der Waals surface area contributed by atoms with Crippen LogP contribution in [0.3, 0.4) is 0 Å². The zero-order chi connectivity index (χ0) is 17.4. The minimum absolute atomic E-state index is 0. The van der Waals surface area contributed by atoms with E-state index in [-0.39, 0.29) is 18.3 Å². The van der Waals surface area contributed by atoms with Gasteiger partial charge in [-0.25, -0.2) is 0 Å². The minimum Gasteiger partial charge on any atom is -1.00 e. The van der Waals surface area contributed by atoms with Crippen molar-refractivity contribution in [3.05, 3.63) is 28.8 Å². The molecular formula is C21H35ClN2O. The molecule has 0 bridgehead atoms. The van der Waals surface area contributed by atoms with Gasteiger partial charge in [0.25, 0.3) is 0 Å². The number of aryl methyl sites for hydroxylation is 3. The molecule has 0 saturated heterocycles. The van der Waals surface area contributed by atoms with Crippen molar-refractivity contribution in [3.8, 4) is 0 Å². The first-order chi connectivity index (χ1) is 11.6. The Bertz CT molecular complexity index is 516. The highest BCUT2D eigenvalue weighted by molar-refractivity contribution is 5.92. The van der Waals surface area contributed by atoms with Gasteiger partial charge in [0.1, 0.15) is 0 Å². The molecule has 4 heteroatoms. The number of benzene rings is 1. The summed E-state index contributed by atoms with van der Waals surface area (Å²) in [6.45, 7) is 7.45. The van der Waals surface area contributed by atoms with Crippen LogP contribution in [0.5, 0.6) is 0 Å². The van der Waals surface area contributed by atoms with Crippen molar-refractivity contribution in [2.45, 2.75) is 84.6 Å². The lowest BCUT2D eigenvalue weighted by Gasteiger charge is -2.19. The van der Waals surface area contributed by atoms with Gasteiger partial charge in [0, 0.05) is 12.1 Å². The van der Waals surface area contributed by atoms with Gasteiger partial charge in [0.05, 0.1) is 12.6 Å². The number of nitrogens with one attached hydrogen (secondary N) is 1. The molecule has 0 heterocycles. The molecule has 1 aromatic carbocycles. The van der Waals surface area contributed by atoms with Gasteiger partial charge < -0.3 is 23.0 Å². The highest BCUT2D eigenvalue weighted by Gasteiger charge is 2.15. The van der Waals surface area contributed by atoms with Gasteiger partial charge in [-0.1, -0.05) is 24.1 Å². The zero-order valence-electron chi connectivity index (χ0n) is 16.2. The van der Waals surface area contributed by atoms with Crippen molar-refractivity contribution < 1.29 is 22.5 Å². The smallest absolute Gasteiger partial charge is 0.224 e. The molecule has 3 N–H and O–H groups in total. The molecule has 142 valence electrons. The first kappa shape index (κ1) is 22.0. The first-order valence-electron chi connectivity index (χ1n) is 9.77. The van der Waals surface area contributed by atoms with E-state index in [1.807, 2.05) is 0 Å². The van der Waals surface area contributed by atoms with Crippen molar-refractivity contribution in [2.24, 2.45) is 0 Å². The lowest BCUT2D eigenvalue weighted by atomic mass is 9.95. The summed E-state index contributed by atoms with van der Waals surface area (Å²) in [6.07, 6.45) is 11.1. The fraction of sp³-hybridized carbons (Fsp3) is 0.667. The third-order valence-electron chi connectivity index (χ3n) is 5.20. The van der Waals surface area contributed by atoms with E-state index in [1.54, 1.807) is 0 Å². The van der Waals surface area contributed by atoms with E-state index >= 15 is 0 Å². The van der Waals surface area contributed by atoms with Crippen LogP contribution in [0.15, 0.2) is 12.1 Å². The van der Waals surface area contributed by atoms with Gasteiger partial charge in [-0.2, -0.15) is 0 Å². The van der Waals surface area contributed by atoms with Crippen molar-refractivity contribution in [3.63, 3.8) is 0 Å². The Morgan fingerprint density at radius 3 is 2.32 bits per heavy atom.